The van der Waals surface area contributed by atoms with Crippen molar-refractivity contribution in [3.63, 3.8) is 0 Å². The van der Waals surface area contributed by atoms with Gasteiger partial charge in [-0.15, -0.1) is 0 Å². The Labute approximate surface area is 338 Å². The van der Waals surface area contributed by atoms with Crippen LogP contribution in [0.25, 0.3) is 0 Å². The largest absolute Gasteiger partial charge is 0.397 e. The molecule has 0 aromatic rings. The molecule has 1 rings (SSSR count). The molecule has 0 aliphatic carbocycles. The van der Waals surface area contributed by atoms with Gasteiger partial charge in [-0.25, -0.2) is 4.18 Å². The second-order valence-electron chi connectivity index (χ2n) is 15.4. The van der Waals surface area contributed by atoms with E-state index >= 15 is 0 Å². The van der Waals surface area contributed by atoms with Crippen molar-refractivity contribution in [3.8, 4) is 0 Å². The van der Waals surface area contributed by atoms with Crippen molar-refractivity contribution < 1.29 is 57.0 Å². The van der Waals surface area contributed by atoms with E-state index in [0.717, 1.165) is 38.5 Å². The number of hydrogen-bond acceptors (Lipinski definition) is 11. The molecule has 1 aliphatic heterocycles. The molecule has 7 N–H and O–H groups in total. The number of hydrogen-bond donors (Lipinski definition) is 7. The number of amides is 1. The molecule has 330 valence electrons. The molecule has 13 nitrogen and oxygen atoms in total. The quantitative estimate of drug-likeness (QED) is 0.0199. The van der Waals surface area contributed by atoms with E-state index < -0.39 is 78.5 Å². The van der Waals surface area contributed by atoms with Crippen LogP contribution in [0.3, 0.4) is 0 Å². The van der Waals surface area contributed by atoms with Gasteiger partial charge in [0.1, 0.15) is 30.5 Å². The Kier molecular flexibility index (Phi) is 31.3. The number of aliphatic hydroxyl groups excluding tert-OH is 5. The average molecular weight is 822 g/mol. The van der Waals surface area contributed by atoms with Gasteiger partial charge in [0.05, 0.1) is 25.4 Å². The minimum absolute atomic E-state index is 0.239. The van der Waals surface area contributed by atoms with Crippen LogP contribution in [-0.2, 0) is 28.9 Å². The zero-order chi connectivity index (χ0) is 41.4. The molecule has 1 saturated heterocycles. The lowest BCUT2D eigenvalue weighted by Crippen LogP contribution is -2.61. The molecule has 14 heteroatoms. The molecule has 1 aliphatic rings. The number of carbonyl (C=O) groups excluding carboxylic acids is 1. The van der Waals surface area contributed by atoms with Crippen molar-refractivity contribution in [1.29, 1.82) is 0 Å². The summed E-state index contributed by atoms with van der Waals surface area (Å²) in [7, 11) is -5.12. The van der Waals surface area contributed by atoms with Gasteiger partial charge in [-0.1, -0.05) is 167 Å². The Morgan fingerprint density at radius 2 is 1.20 bits per heavy atom. The van der Waals surface area contributed by atoms with E-state index in [9.17, 15) is 38.7 Å². The molecule has 1 heterocycles. The number of unbranched alkanes of at least 4 members (excludes halogenated alkanes) is 21. The van der Waals surface area contributed by atoms with E-state index in [1.165, 1.54) is 109 Å². The van der Waals surface area contributed by atoms with Gasteiger partial charge in [0.15, 0.2) is 6.29 Å². The van der Waals surface area contributed by atoms with Crippen LogP contribution in [0, 0.1) is 0 Å². The van der Waals surface area contributed by atoms with Crippen molar-refractivity contribution >= 4 is 16.3 Å². The van der Waals surface area contributed by atoms with Crippen LogP contribution in [0.4, 0.5) is 0 Å². The van der Waals surface area contributed by atoms with E-state index in [4.69, 9.17) is 14.0 Å². The standard InChI is InChI=1S/C42H79NO12S/c1-3-5-7-9-11-13-15-17-18-19-21-22-24-26-28-30-35(45)34(33-53-42-39(48)40(55-56(50,51)52)38(47)37(32-44)54-42)43-41(49)36(46)31-29-27-25-23-20-16-14-12-10-8-6-4-2/h21-22,28,30,34-40,42,44-48H,3-20,23-27,29,31-33H2,1-2H3,(H,43,49)(H,50,51,52)/b22-21+,30-28+. The van der Waals surface area contributed by atoms with E-state index in [1.54, 1.807) is 6.08 Å². The van der Waals surface area contributed by atoms with Crippen molar-refractivity contribution in [2.24, 2.45) is 0 Å². The summed E-state index contributed by atoms with van der Waals surface area (Å²) in [4.78, 5) is 13.0. The van der Waals surface area contributed by atoms with Gasteiger partial charge in [-0.3, -0.25) is 9.35 Å². The maximum absolute atomic E-state index is 13.0. The number of carbonyl (C=O) groups is 1. The molecule has 0 bridgehead atoms. The first-order valence-corrected chi connectivity index (χ1v) is 23.2. The Morgan fingerprint density at radius 3 is 1.71 bits per heavy atom. The number of aliphatic hydroxyl groups is 5. The second kappa shape index (κ2) is 33.4. The van der Waals surface area contributed by atoms with Crippen LogP contribution in [0.5, 0.6) is 0 Å². The smallest absolute Gasteiger partial charge is 0.394 e. The summed E-state index contributed by atoms with van der Waals surface area (Å²) in [6, 6.07) is -1.13. The molecular weight excluding hydrogens is 743 g/mol. The van der Waals surface area contributed by atoms with Crippen LogP contribution in [0.2, 0.25) is 0 Å². The number of allylic oxidation sites excluding steroid dienone is 3. The summed E-state index contributed by atoms with van der Waals surface area (Å²) in [5, 5.41) is 55.0. The fraction of sp³-hybridized carbons (Fsp3) is 0.881. The summed E-state index contributed by atoms with van der Waals surface area (Å²) in [6.45, 7) is 3.17. The SMILES string of the molecule is CCCCCCCCCCC/C=C/CC/C=C/C(O)C(COC1OC(CO)C(O)C(OS(=O)(=O)O)C1O)NC(=O)C(O)CCCCCCCCCCCCCC. The molecule has 0 aromatic heterocycles. The molecule has 56 heavy (non-hydrogen) atoms. The van der Waals surface area contributed by atoms with Gasteiger partial charge >= 0.3 is 10.4 Å². The van der Waals surface area contributed by atoms with Crippen LogP contribution in [0.1, 0.15) is 174 Å². The third-order valence-electron chi connectivity index (χ3n) is 10.3. The summed E-state index contributed by atoms with van der Waals surface area (Å²) in [6.07, 6.45) is 24.1. The number of ether oxygens (including phenoxy) is 2. The van der Waals surface area contributed by atoms with E-state index in [0.29, 0.717) is 12.8 Å². The third-order valence-corrected chi connectivity index (χ3v) is 10.8. The molecule has 0 spiro atoms. The van der Waals surface area contributed by atoms with Gasteiger partial charge in [0.2, 0.25) is 5.91 Å². The third kappa shape index (κ3) is 25.8. The summed E-state index contributed by atoms with van der Waals surface area (Å²) in [5.74, 6) is -0.713. The lowest BCUT2D eigenvalue weighted by atomic mass is 9.99. The highest BCUT2D eigenvalue weighted by molar-refractivity contribution is 7.80. The topological polar surface area (TPSA) is 212 Å². The lowest BCUT2D eigenvalue weighted by Gasteiger charge is -2.41. The van der Waals surface area contributed by atoms with Crippen molar-refractivity contribution in [2.75, 3.05) is 13.2 Å². The normalized spacial score (nSPS) is 22.2. The van der Waals surface area contributed by atoms with Gasteiger partial charge in [-0.2, -0.15) is 8.42 Å². The van der Waals surface area contributed by atoms with Crippen molar-refractivity contribution in [3.05, 3.63) is 24.3 Å². The Hall–Kier alpha value is -1.46. The van der Waals surface area contributed by atoms with Gasteiger partial charge in [0.25, 0.3) is 0 Å². The fourth-order valence-corrected chi connectivity index (χ4v) is 7.34. The first-order valence-electron chi connectivity index (χ1n) is 21.8. The van der Waals surface area contributed by atoms with Gasteiger partial charge in [0, 0.05) is 0 Å². The summed E-state index contributed by atoms with van der Waals surface area (Å²) < 4.78 is 47.4. The fourth-order valence-electron chi connectivity index (χ4n) is 6.83. The highest BCUT2D eigenvalue weighted by atomic mass is 32.3. The molecule has 1 fully saturated rings. The maximum Gasteiger partial charge on any atom is 0.397 e. The number of nitrogens with one attached hydrogen (secondary N) is 1. The van der Waals surface area contributed by atoms with Crippen LogP contribution in [-0.4, -0.2) is 107 Å². The molecule has 1 amide bonds. The second-order valence-corrected chi connectivity index (χ2v) is 16.5. The molecule has 8 unspecified atom stereocenters. The predicted octanol–water partition coefficient (Wildman–Crippen LogP) is 6.74. The maximum atomic E-state index is 13.0. The van der Waals surface area contributed by atoms with Crippen LogP contribution >= 0.6 is 0 Å². The Balaban J connectivity index is 2.67. The van der Waals surface area contributed by atoms with E-state index in [-0.39, 0.29) is 6.42 Å². The highest BCUT2D eigenvalue weighted by Gasteiger charge is 2.48. The van der Waals surface area contributed by atoms with Crippen molar-refractivity contribution in [2.45, 2.75) is 223 Å². The van der Waals surface area contributed by atoms with Gasteiger partial charge < -0.3 is 40.3 Å². The first kappa shape index (κ1) is 52.6. The summed E-state index contributed by atoms with van der Waals surface area (Å²) in [5.41, 5.74) is 0. The minimum atomic E-state index is -5.12. The molecule has 0 saturated carbocycles. The first-order chi connectivity index (χ1) is 26.9. The predicted molar refractivity (Wildman–Crippen MR) is 219 cm³/mol. The Morgan fingerprint density at radius 1 is 0.714 bits per heavy atom. The monoisotopic (exact) mass is 822 g/mol. The molecule has 0 radical (unpaired) electrons. The zero-order valence-corrected chi connectivity index (χ0v) is 35.4. The van der Waals surface area contributed by atoms with E-state index in [1.807, 2.05) is 0 Å². The molecular formula is C42H79NO12S. The molecule has 0 aromatic carbocycles. The average Bonchev–Trinajstić information content (AvgIpc) is 3.16. The lowest BCUT2D eigenvalue weighted by molar-refractivity contribution is -0.298. The van der Waals surface area contributed by atoms with E-state index in [2.05, 4.69) is 35.5 Å². The minimum Gasteiger partial charge on any atom is -0.394 e. The zero-order valence-electron chi connectivity index (χ0n) is 34.6. The highest BCUT2D eigenvalue weighted by Crippen LogP contribution is 2.26. The number of rotatable bonds is 36. The summed E-state index contributed by atoms with van der Waals surface area (Å²) >= 11 is 0. The Bertz CT molecular complexity index is 1120. The molecule has 8 atom stereocenters. The van der Waals surface area contributed by atoms with Crippen LogP contribution < -0.4 is 5.32 Å². The van der Waals surface area contributed by atoms with Gasteiger partial charge in [-0.05, 0) is 32.1 Å². The van der Waals surface area contributed by atoms with Crippen molar-refractivity contribution in [1.82, 2.24) is 5.32 Å². The van der Waals surface area contributed by atoms with Crippen LogP contribution in [0.15, 0.2) is 24.3 Å².